The van der Waals surface area contributed by atoms with Gasteiger partial charge < -0.3 is 15.1 Å². The molecule has 0 saturated carbocycles. The van der Waals surface area contributed by atoms with Crippen molar-refractivity contribution >= 4 is 39.9 Å². The number of hydrogen-bond acceptors (Lipinski definition) is 6. The molecule has 0 saturated heterocycles. The van der Waals surface area contributed by atoms with Gasteiger partial charge in [-0.1, -0.05) is 6.07 Å². The summed E-state index contributed by atoms with van der Waals surface area (Å²) in [4.78, 5) is 40.3. The van der Waals surface area contributed by atoms with Crippen LogP contribution in [0.2, 0.25) is 0 Å². The summed E-state index contributed by atoms with van der Waals surface area (Å²) in [6.07, 6.45) is 1.49. The summed E-state index contributed by atoms with van der Waals surface area (Å²) in [5.41, 5.74) is 1.94. The zero-order valence-electron chi connectivity index (χ0n) is 15.2. The molecule has 0 unspecified atom stereocenters. The summed E-state index contributed by atoms with van der Waals surface area (Å²) >= 11 is 1.23. The number of furan rings is 1. The molecule has 0 bridgehead atoms. The number of carbonyl (C=O) groups is 3. The quantitative estimate of drug-likeness (QED) is 0.591. The molecule has 3 rings (SSSR count). The Kier molecular flexibility index (Phi) is 5.85. The minimum absolute atomic E-state index is 0.0430. The molecule has 0 spiro atoms. The predicted molar refractivity (Wildman–Crippen MR) is 106 cm³/mol. The molecule has 9 heteroatoms. The number of rotatable bonds is 6. The number of thiazole rings is 1. The Morgan fingerprint density at radius 1 is 1.14 bits per heavy atom. The van der Waals surface area contributed by atoms with Crippen molar-refractivity contribution in [1.82, 2.24) is 10.3 Å². The lowest BCUT2D eigenvalue weighted by atomic mass is 10.2. The van der Waals surface area contributed by atoms with Gasteiger partial charge >= 0.3 is 0 Å². The van der Waals surface area contributed by atoms with Crippen molar-refractivity contribution in [3.8, 4) is 0 Å². The standard InChI is InChI=1S/C19H18N4O4S/c1-11-15(6-7-27-11)18(26)23-19-22-14(10-28-19)9-16(24)21-13-5-3-4-12(8-13)17(25)20-2/h3-8,10H,9H2,1-2H3,(H,20,25)(H,21,24)(H,22,23,26). The van der Waals surface area contributed by atoms with Gasteiger partial charge in [0.25, 0.3) is 11.8 Å². The molecule has 28 heavy (non-hydrogen) atoms. The molecule has 8 nitrogen and oxygen atoms in total. The lowest BCUT2D eigenvalue weighted by molar-refractivity contribution is -0.115. The van der Waals surface area contributed by atoms with Crippen LogP contribution in [0, 0.1) is 6.92 Å². The number of aromatic nitrogens is 1. The van der Waals surface area contributed by atoms with E-state index in [1.165, 1.54) is 17.6 Å². The molecule has 0 aliphatic heterocycles. The minimum Gasteiger partial charge on any atom is -0.469 e. The molecule has 3 aromatic rings. The van der Waals surface area contributed by atoms with Gasteiger partial charge in [-0.25, -0.2) is 4.98 Å². The van der Waals surface area contributed by atoms with Crippen molar-refractivity contribution in [2.45, 2.75) is 13.3 Å². The highest BCUT2D eigenvalue weighted by atomic mass is 32.1. The van der Waals surface area contributed by atoms with Gasteiger partial charge in [0.15, 0.2) is 5.13 Å². The number of nitrogens with one attached hydrogen (secondary N) is 3. The molecule has 0 radical (unpaired) electrons. The summed E-state index contributed by atoms with van der Waals surface area (Å²) < 4.78 is 5.11. The summed E-state index contributed by atoms with van der Waals surface area (Å²) in [5, 5.41) is 10.1. The molecule has 2 aromatic heterocycles. The average molecular weight is 398 g/mol. The van der Waals surface area contributed by atoms with E-state index >= 15 is 0 Å². The van der Waals surface area contributed by atoms with Crippen molar-refractivity contribution < 1.29 is 18.8 Å². The van der Waals surface area contributed by atoms with Crippen LogP contribution in [0.3, 0.4) is 0 Å². The Morgan fingerprint density at radius 3 is 2.68 bits per heavy atom. The molecule has 0 fully saturated rings. The monoisotopic (exact) mass is 398 g/mol. The van der Waals surface area contributed by atoms with E-state index in [2.05, 4.69) is 20.9 Å². The van der Waals surface area contributed by atoms with Gasteiger partial charge in [-0.3, -0.25) is 19.7 Å². The van der Waals surface area contributed by atoms with Crippen LogP contribution in [0.1, 0.15) is 32.2 Å². The zero-order chi connectivity index (χ0) is 20.1. The number of benzene rings is 1. The van der Waals surface area contributed by atoms with Crippen molar-refractivity contribution in [3.63, 3.8) is 0 Å². The number of carbonyl (C=O) groups excluding carboxylic acids is 3. The maximum atomic E-state index is 12.2. The van der Waals surface area contributed by atoms with Crippen LogP contribution in [0.15, 0.2) is 46.4 Å². The van der Waals surface area contributed by atoms with Crippen molar-refractivity contribution in [1.29, 1.82) is 0 Å². The van der Waals surface area contributed by atoms with Gasteiger partial charge in [0.2, 0.25) is 5.91 Å². The highest BCUT2D eigenvalue weighted by Gasteiger charge is 2.14. The third kappa shape index (κ3) is 4.63. The number of anilines is 2. The molecule has 3 amide bonds. The van der Waals surface area contributed by atoms with Gasteiger partial charge in [-0.2, -0.15) is 0 Å². The summed E-state index contributed by atoms with van der Waals surface area (Å²) in [7, 11) is 1.54. The fourth-order valence-electron chi connectivity index (χ4n) is 2.48. The Labute approximate surface area is 165 Å². The first-order chi connectivity index (χ1) is 13.5. The van der Waals surface area contributed by atoms with Gasteiger partial charge in [0, 0.05) is 23.7 Å². The van der Waals surface area contributed by atoms with Gasteiger partial charge in [0.1, 0.15) is 5.76 Å². The van der Waals surface area contributed by atoms with Crippen molar-refractivity contribution in [2.75, 3.05) is 17.7 Å². The number of nitrogens with zero attached hydrogens (tertiary/aromatic N) is 1. The maximum absolute atomic E-state index is 12.2. The highest BCUT2D eigenvalue weighted by molar-refractivity contribution is 7.14. The first-order valence-electron chi connectivity index (χ1n) is 8.38. The molecular formula is C19H18N4O4S. The fraction of sp³-hybridized carbons (Fsp3) is 0.158. The topological polar surface area (TPSA) is 113 Å². The van der Waals surface area contributed by atoms with Crippen LogP contribution < -0.4 is 16.0 Å². The third-order valence-electron chi connectivity index (χ3n) is 3.85. The van der Waals surface area contributed by atoms with E-state index in [4.69, 9.17) is 4.42 Å². The predicted octanol–water partition coefficient (Wildman–Crippen LogP) is 2.84. The van der Waals surface area contributed by atoms with Crippen molar-refractivity contribution in [2.24, 2.45) is 0 Å². The van der Waals surface area contributed by atoms with Gasteiger partial charge in [-0.05, 0) is 31.2 Å². The van der Waals surface area contributed by atoms with E-state index in [9.17, 15) is 14.4 Å². The highest BCUT2D eigenvalue weighted by Crippen LogP contribution is 2.19. The summed E-state index contributed by atoms with van der Waals surface area (Å²) in [6.45, 7) is 1.70. The summed E-state index contributed by atoms with van der Waals surface area (Å²) in [6, 6.07) is 8.22. The molecule has 3 N–H and O–H groups in total. The Bertz CT molecular complexity index is 1020. The third-order valence-corrected chi connectivity index (χ3v) is 4.66. The number of amides is 3. The molecule has 1 aromatic carbocycles. The Balaban J connectivity index is 1.59. The van der Waals surface area contributed by atoms with Gasteiger partial charge in [-0.15, -0.1) is 11.3 Å². The lowest BCUT2D eigenvalue weighted by Crippen LogP contribution is -2.19. The van der Waals surface area contributed by atoms with Crippen LogP contribution in [-0.4, -0.2) is 29.8 Å². The Hall–Kier alpha value is -3.46. The molecule has 0 aliphatic carbocycles. The summed E-state index contributed by atoms with van der Waals surface area (Å²) in [5.74, 6) is -0.304. The number of hydrogen-bond donors (Lipinski definition) is 3. The normalized spacial score (nSPS) is 10.4. The van der Waals surface area contributed by atoms with Crippen LogP contribution in [0.5, 0.6) is 0 Å². The van der Waals surface area contributed by atoms with E-state index in [1.807, 2.05) is 0 Å². The SMILES string of the molecule is CNC(=O)c1cccc(NC(=O)Cc2csc(NC(=O)c3ccoc3C)n2)c1. The van der Waals surface area contributed by atoms with E-state index < -0.39 is 0 Å². The average Bonchev–Trinajstić information content (AvgIpc) is 3.29. The molecule has 144 valence electrons. The lowest BCUT2D eigenvalue weighted by Gasteiger charge is -2.06. The van der Waals surface area contributed by atoms with E-state index in [-0.39, 0.29) is 24.1 Å². The first-order valence-corrected chi connectivity index (χ1v) is 9.26. The molecule has 2 heterocycles. The molecular weight excluding hydrogens is 380 g/mol. The number of aryl methyl sites for hydroxylation is 1. The fourth-order valence-corrected chi connectivity index (χ4v) is 3.19. The van der Waals surface area contributed by atoms with Crippen LogP contribution >= 0.6 is 11.3 Å². The van der Waals surface area contributed by atoms with E-state index in [0.29, 0.717) is 33.4 Å². The largest absolute Gasteiger partial charge is 0.469 e. The maximum Gasteiger partial charge on any atom is 0.260 e. The first kappa shape index (κ1) is 19.3. The zero-order valence-corrected chi connectivity index (χ0v) is 16.1. The van der Waals surface area contributed by atoms with Crippen molar-refractivity contribution in [3.05, 3.63) is 64.6 Å². The van der Waals surface area contributed by atoms with Gasteiger partial charge in [0.05, 0.1) is 23.9 Å². The van der Waals surface area contributed by atoms with Crippen LogP contribution in [-0.2, 0) is 11.2 Å². The second-order valence-electron chi connectivity index (χ2n) is 5.87. The molecule has 0 atom stereocenters. The Morgan fingerprint density at radius 2 is 1.96 bits per heavy atom. The second kappa shape index (κ2) is 8.49. The van der Waals surface area contributed by atoms with E-state index in [1.54, 1.807) is 49.7 Å². The second-order valence-corrected chi connectivity index (χ2v) is 6.73. The smallest absolute Gasteiger partial charge is 0.260 e. The van der Waals surface area contributed by atoms with E-state index in [0.717, 1.165) is 0 Å². The molecule has 0 aliphatic rings. The van der Waals surface area contributed by atoms with Crippen LogP contribution in [0.4, 0.5) is 10.8 Å². The van der Waals surface area contributed by atoms with Crippen LogP contribution in [0.25, 0.3) is 0 Å². The minimum atomic E-state index is -0.317.